The fraction of sp³-hybridized carbons (Fsp3) is 0.125. The lowest BCUT2D eigenvalue weighted by molar-refractivity contribution is 0.103. The van der Waals surface area contributed by atoms with E-state index in [2.05, 4.69) is 42.2 Å². The summed E-state index contributed by atoms with van der Waals surface area (Å²) in [7, 11) is 1.69. The highest BCUT2D eigenvalue weighted by atomic mass is 79.9. The number of hydrogen-bond donors (Lipinski definition) is 0. The highest BCUT2D eigenvalue weighted by Crippen LogP contribution is 2.25. The second-order valence-corrected chi connectivity index (χ2v) is 6.00. The van der Waals surface area contributed by atoms with Crippen molar-refractivity contribution in [2.45, 2.75) is 0 Å². The summed E-state index contributed by atoms with van der Waals surface area (Å²) in [4.78, 5) is 12.7. The highest BCUT2D eigenvalue weighted by Gasteiger charge is 2.19. The van der Waals surface area contributed by atoms with E-state index in [1.165, 1.54) is 16.0 Å². The lowest BCUT2D eigenvalue weighted by Crippen LogP contribution is -2.07. The summed E-state index contributed by atoms with van der Waals surface area (Å²) in [6.07, 6.45) is 0. The quantitative estimate of drug-likeness (QED) is 0.782. The van der Waals surface area contributed by atoms with Gasteiger partial charge in [-0.05, 0) is 44.0 Å². The molecule has 0 aliphatic heterocycles. The van der Waals surface area contributed by atoms with Gasteiger partial charge in [0.15, 0.2) is 4.60 Å². The Labute approximate surface area is 107 Å². The van der Waals surface area contributed by atoms with Crippen molar-refractivity contribution in [3.05, 3.63) is 31.1 Å². The maximum atomic E-state index is 12.0. The van der Waals surface area contributed by atoms with Crippen LogP contribution in [-0.4, -0.2) is 20.8 Å². The highest BCUT2D eigenvalue weighted by molar-refractivity contribution is 9.11. The Hall–Kier alpha value is -0.530. The standard InChI is InChI=1S/C8H5Br2N3OS/c1-13-6(8(10)11-12-13)7(14)4-2-3-5(9)15-4/h2-3H,1H3. The van der Waals surface area contributed by atoms with E-state index in [-0.39, 0.29) is 5.78 Å². The molecule has 0 unspecified atom stereocenters. The van der Waals surface area contributed by atoms with Crippen LogP contribution < -0.4 is 0 Å². The lowest BCUT2D eigenvalue weighted by Gasteiger charge is -1.97. The molecule has 0 atom stereocenters. The third-order valence-corrected chi connectivity index (χ3v) is 3.95. The molecule has 0 spiro atoms. The lowest BCUT2D eigenvalue weighted by atomic mass is 10.2. The SMILES string of the molecule is Cn1nnc(Br)c1C(=O)c1ccc(Br)s1. The van der Waals surface area contributed by atoms with Crippen molar-refractivity contribution in [1.29, 1.82) is 0 Å². The Morgan fingerprint density at radius 2 is 2.20 bits per heavy atom. The van der Waals surface area contributed by atoms with E-state index >= 15 is 0 Å². The molecule has 2 rings (SSSR count). The first-order valence-electron chi connectivity index (χ1n) is 3.95. The first-order valence-corrected chi connectivity index (χ1v) is 6.35. The monoisotopic (exact) mass is 349 g/mol. The van der Waals surface area contributed by atoms with Gasteiger partial charge in [0.25, 0.3) is 0 Å². The number of aryl methyl sites for hydroxylation is 1. The van der Waals surface area contributed by atoms with Crippen LogP contribution in [0.4, 0.5) is 0 Å². The molecule has 2 aromatic rings. The minimum absolute atomic E-state index is 0.0786. The molecule has 7 heteroatoms. The van der Waals surface area contributed by atoms with E-state index in [0.717, 1.165) is 3.79 Å². The van der Waals surface area contributed by atoms with Crippen molar-refractivity contribution >= 4 is 49.0 Å². The van der Waals surface area contributed by atoms with E-state index < -0.39 is 0 Å². The second kappa shape index (κ2) is 4.15. The number of hydrogen-bond acceptors (Lipinski definition) is 4. The molecular formula is C8H5Br2N3OS. The number of nitrogens with zero attached hydrogens (tertiary/aromatic N) is 3. The van der Waals surface area contributed by atoms with Crippen molar-refractivity contribution in [1.82, 2.24) is 15.0 Å². The zero-order chi connectivity index (χ0) is 11.0. The first-order chi connectivity index (χ1) is 7.09. The van der Waals surface area contributed by atoms with Crippen LogP contribution in [0.1, 0.15) is 15.4 Å². The largest absolute Gasteiger partial charge is 0.286 e. The molecule has 0 N–H and O–H groups in total. The molecule has 0 bridgehead atoms. The molecule has 0 amide bonds. The number of rotatable bonds is 2. The zero-order valence-electron chi connectivity index (χ0n) is 7.57. The van der Waals surface area contributed by atoms with Crippen molar-refractivity contribution in [2.75, 3.05) is 0 Å². The molecule has 0 aliphatic carbocycles. The van der Waals surface area contributed by atoms with E-state index in [9.17, 15) is 4.79 Å². The topological polar surface area (TPSA) is 47.8 Å². The fourth-order valence-corrected chi connectivity index (χ4v) is 2.96. The van der Waals surface area contributed by atoms with Gasteiger partial charge in [-0.2, -0.15) is 0 Å². The van der Waals surface area contributed by atoms with E-state index in [0.29, 0.717) is 15.2 Å². The smallest absolute Gasteiger partial charge is 0.223 e. The van der Waals surface area contributed by atoms with Crippen molar-refractivity contribution in [2.24, 2.45) is 7.05 Å². The number of carbonyl (C=O) groups is 1. The van der Waals surface area contributed by atoms with Gasteiger partial charge in [0, 0.05) is 7.05 Å². The average Bonchev–Trinajstić information content (AvgIpc) is 2.73. The molecule has 0 saturated heterocycles. The second-order valence-electron chi connectivity index (χ2n) is 2.79. The summed E-state index contributed by atoms with van der Waals surface area (Å²) in [6.45, 7) is 0. The van der Waals surface area contributed by atoms with Crippen LogP contribution in [0.25, 0.3) is 0 Å². The molecule has 2 aromatic heterocycles. The van der Waals surface area contributed by atoms with Crippen LogP contribution in [0.3, 0.4) is 0 Å². The Kier molecular flexibility index (Phi) is 3.03. The number of carbonyl (C=O) groups excluding carboxylic acids is 1. The molecule has 15 heavy (non-hydrogen) atoms. The molecule has 0 fully saturated rings. The van der Waals surface area contributed by atoms with E-state index in [4.69, 9.17) is 0 Å². The number of aromatic nitrogens is 3. The van der Waals surface area contributed by atoms with Crippen molar-refractivity contribution in [3.63, 3.8) is 0 Å². The zero-order valence-corrected chi connectivity index (χ0v) is 11.6. The molecule has 2 heterocycles. The van der Waals surface area contributed by atoms with Gasteiger partial charge in [-0.1, -0.05) is 5.21 Å². The first kappa shape index (κ1) is 11.0. The van der Waals surface area contributed by atoms with Crippen LogP contribution in [0, 0.1) is 0 Å². The summed E-state index contributed by atoms with van der Waals surface area (Å²) < 4.78 is 2.86. The van der Waals surface area contributed by atoms with Gasteiger partial charge >= 0.3 is 0 Å². The maximum absolute atomic E-state index is 12.0. The molecule has 0 aromatic carbocycles. The summed E-state index contributed by atoms with van der Waals surface area (Å²) in [5.41, 5.74) is 0.462. The van der Waals surface area contributed by atoms with Crippen LogP contribution in [0.2, 0.25) is 0 Å². The van der Waals surface area contributed by atoms with E-state index in [1.54, 1.807) is 13.1 Å². The Balaban J connectivity index is 2.45. The number of halogens is 2. The van der Waals surface area contributed by atoms with Crippen LogP contribution in [0.15, 0.2) is 20.5 Å². The van der Waals surface area contributed by atoms with Crippen LogP contribution >= 0.6 is 43.2 Å². The van der Waals surface area contributed by atoms with Gasteiger partial charge in [0.2, 0.25) is 5.78 Å². The van der Waals surface area contributed by atoms with Gasteiger partial charge in [0.1, 0.15) is 5.69 Å². The van der Waals surface area contributed by atoms with Crippen LogP contribution in [-0.2, 0) is 7.05 Å². The van der Waals surface area contributed by atoms with Gasteiger partial charge in [-0.25, -0.2) is 4.68 Å². The Morgan fingerprint density at radius 3 is 2.67 bits per heavy atom. The number of ketones is 1. The Bertz CT molecular complexity index is 500. The fourth-order valence-electron chi connectivity index (χ4n) is 1.13. The minimum atomic E-state index is -0.0786. The summed E-state index contributed by atoms with van der Waals surface area (Å²) in [5, 5.41) is 7.53. The summed E-state index contributed by atoms with van der Waals surface area (Å²) in [6, 6.07) is 3.62. The predicted molar refractivity (Wildman–Crippen MR) is 64.2 cm³/mol. The minimum Gasteiger partial charge on any atom is -0.286 e. The maximum Gasteiger partial charge on any atom is 0.223 e. The molecule has 78 valence electrons. The number of thiophene rings is 1. The van der Waals surface area contributed by atoms with Gasteiger partial charge in [-0.3, -0.25) is 4.79 Å². The summed E-state index contributed by atoms with van der Waals surface area (Å²) in [5.74, 6) is -0.0786. The van der Waals surface area contributed by atoms with Crippen molar-refractivity contribution in [3.8, 4) is 0 Å². The third-order valence-electron chi connectivity index (χ3n) is 1.80. The van der Waals surface area contributed by atoms with E-state index in [1.807, 2.05) is 6.07 Å². The molecule has 0 saturated carbocycles. The molecule has 0 aliphatic rings. The average molecular weight is 351 g/mol. The molecule has 4 nitrogen and oxygen atoms in total. The van der Waals surface area contributed by atoms with Gasteiger partial charge < -0.3 is 0 Å². The van der Waals surface area contributed by atoms with Crippen molar-refractivity contribution < 1.29 is 4.79 Å². The van der Waals surface area contributed by atoms with Crippen LogP contribution in [0.5, 0.6) is 0 Å². The normalized spacial score (nSPS) is 10.6. The molecule has 0 radical (unpaired) electrons. The predicted octanol–water partition coefficient (Wildman–Crippen LogP) is 2.63. The summed E-state index contributed by atoms with van der Waals surface area (Å²) >= 11 is 7.91. The third kappa shape index (κ3) is 2.04. The Morgan fingerprint density at radius 1 is 1.47 bits per heavy atom. The van der Waals surface area contributed by atoms with Gasteiger partial charge in [-0.15, -0.1) is 16.4 Å². The van der Waals surface area contributed by atoms with Gasteiger partial charge in [0.05, 0.1) is 8.66 Å². The molecular weight excluding hydrogens is 346 g/mol.